The van der Waals surface area contributed by atoms with Crippen molar-refractivity contribution in [3.8, 4) is 11.5 Å². The Kier molecular flexibility index (Phi) is 7.21. The molecule has 1 aromatic heterocycles. The largest absolute Gasteiger partial charge is 0.493 e. The Labute approximate surface area is 150 Å². The van der Waals surface area contributed by atoms with Crippen LogP contribution in [0.2, 0.25) is 0 Å². The Morgan fingerprint density at radius 1 is 1.40 bits per heavy atom. The van der Waals surface area contributed by atoms with Gasteiger partial charge >= 0.3 is 5.97 Å². The van der Waals surface area contributed by atoms with E-state index in [1.54, 1.807) is 18.7 Å². The van der Waals surface area contributed by atoms with Gasteiger partial charge in [0, 0.05) is 10.9 Å². The summed E-state index contributed by atoms with van der Waals surface area (Å²) in [5, 5.41) is 6.57. The molecule has 0 aliphatic carbocycles. The molecule has 2 rings (SSSR count). The zero-order chi connectivity index (χ0) is 18.1. The lowest BCUT2D eigenvalue weighted by Gasteiger charge is -2.12. The van der Waals surface area contributed by atoms with Crippen molar-refractivity contribution in [2.45, 2.75) is 19.8 Å². The van der Waals surface area contributed by atoms with Gasteiger partial charge in [-0.15, -0.1) is 11.3 Å². The lowest BCUT2D eigenvalue weighted by Crippen LogP contribution is -2.04. The Hall–Kier alpha value is -2.61. The Bertz CT molecular complexity index is 730. The van der Waals surface area contributed by atoms with Crippen LogP contribution in [-0.4, -0.2) is 38.0 Å². The highest BCUT2D eigenvalue weighted by Crippen LogP contribution is 2.30. The number of ether oxygens (including phenoxy) is 3. The summed E-state index contributed by atoms with van der Waals surface area (Å²) in [6, 6.07) is 5.61. The number of benzene rings is 1. The number of aromatic nitrogens is 1. The van der Waals surface area contributed by atoms with Gasteiger partial charge in [-0.3, -0.25) is 10.2 Å². The summed E-state index contributed by atoms with van der Waals surface area (Å²) >= 11 is 1.36. The standard InChI is InChI=1S/C17H21N3O4S/c1-4-8-24-16-12(6-5-7-14(16)22-2)10-18-20-17-19-13(11-25-17)9-15(21)23-3/h5-7,10-11H,4,8-9H2,1-3H3,(H,19,20)/b18-10-. The number of thiazole rings is 1. The van der Waals surface area contributed by atoms with Gasteiger partial charge in [0.25, 0.3) is 0 Å². The van der Waals surface area contributed by atoms with Gasteiger partial charge in [-0.2, -0.15) is 5.10 Å². The van der Waals surface area contributed by atoms with Crippen molar-refractivity contribution in [3.63, 3.8) is 0 Å². The number of carbonyl (C=O) groups excluding carboxylic acids is 1. The van der Waals surface area contributed by atoms with E-state index in [4.69, 9.17) is 9.47 Å². The monoisotopic (exact) mass is 363 g/mol. The fourth-order valence-corrected chi connectivity index (χ4v) is 2.63. The Morgan fingerprint density at radius 2 is 2.24 bits per heavy atom. The molecule has 0 saturated heterocycles. The van der Waals surface area contributed by atoms with E-state index in [0.717, 1.165) is 12.0 Å². The van der Waals surface area contributed by atoms with Crippen molar-refractivity contribution in [2.75, 3.05) is 26.3 Å². The molecule has 0 atom stereocenters. The first-order valence-electron chi connectivity index (χ1n) is 7.78. The number of carbonyl (C=O) groups is 1. The maximum atomic E-state index is 11.2. The SMILES string of the molecule is CCCOc1c(/C=N\Nc2nc(CC(=O)OC)cs2)cccc1OC. The maximum absolute atomic E-state index is 11.2. The minimum atomic E-state index is -0.325. The number of methoxy groups -OCH3 is 2. The molecule has 25 heavy (non-hydrogen) atoms. The Morgan fingerprint density at radius 3 is 2.96 bits per heavy atom. The summed E-state index contributed by atoms with van der Waals surface area (Å²) in [4.78, 5) is 15.5. The van der Waals surface area contributed by atoms with E-state index in [-0.39, 0.29) is 12.4 Å². The maximum Gasteiger partial charge on any atom is 0.311 e. The topological polar surface area (TPSA) is 82.0 Å². The van der Waals surface area contributed by atoms with Crippen molar-refractivity contribution in [1.29, 1.82) is 0 Å². The van der Waals surface area contributed by atoms with Gasteiger partial charge in [0.2, 0.25) is 5.13 Å². The molecule has 0 spiro atoms. The highest BCUT2D eigenvalue weighted by molar-refractivity contribution is 7.13. The molecule has 0 fully saturated rings. The second-order valence-corrected chi connectivity index (χ2v) is 5.85. The molecular formula is C17H21N3O4S. The molecule has 8 heteroatoms. The summed E-state index contributed by atoms with van der Waals surface area (Å²) in [6.45, 7) is 2.64. The van der Waals surface area contributed by atoms with Gasteiger partial charge in [0.15, 0.2) is 11.5 Å². The van der Waals surface area contributed by atoms with E-state index in [0.29, 0.717) is 28.9 Å². The van der Waals surface area contributed by atoms with Gasteiger partial charge in [-0.05, 0) is 18.6 Å². The van der Waals surface area contributed by atoms with E-state index in [2.05, 4.69) is 20.2 Å². The number of nitrogens with zero attached hydrogens (tertiary/aromatic N) is 2. The molecule has 0 radical (unpaired) electrons. The molecule has 1 N–H and O–H groups in total. The molecule has 0 aliphatic rings. The summed E-state index contributed by atoms with van der Waals surface area (Å²) in [6.07, 6.45) is 2.69. The van der Waals surface area contributed by atoms with Crippen LogP contribution in [0.3, 0.4) is 0 Å². The van der Waals surface area contributed by atoms with Crippen LogP contribution < -0.4 is 14.9 Å². The molecule has 134 valence electrons. The first kappa shape index (κ1) is 18.7. The molecule has 0 aliphatic heterocycles. The fraction of sp³-hybridized carbons (Fsp3) is 0.353. The molecule has 0 saturated carbocycles. The number of hydrogen-bond donors (Lipinski definition) is 1. The highest BCUT2D eigenvalue weighted by atomic mass is 32.1. The quantitative estimate of drug-likeness (QED) is 0.419. The molecule has 1 heterocycles. The van der Waals surface area contributed by atoms with Gasteiger partial charge < -0.3 is 14.2 Å². The van der Waals surface area contributed by atoms with Crippen LogP contribution in [-0.2, 0) is 16.0 Å². The van der Waals surface area contributed by atoms with Gasteiger partial charge in [-0.1, -0.05) is 13.0 Å². The normalized spacial score (nSPS) is 10.7. The van der Waals surface area contributed by atoms with Gasteiger partial charge in [0.1, 0.15) is 0 Å². The lowest BCUT2D eigenvalue weighted by molar-refractivity contribution is -0.139. The van der Waals surface area contributed by atoms with Crippen LogP contribution in [0.1, 0.15) is 24.6 Å². The van der Waals surface area contributed by atoms with Crippen LogP contribution in [0.4, 0.5) is 5.13 Å². The van der Waals surface area contributed by atoms with Crippen LogP contribution in [0.25, 0.3) is 0 Å². The minimum Gasteiger partial charge on any atom is -0.493 e. The molecule has 0 bridgehead atoms. The van der Waals surface area contributed by atoms with Crippen LogP contribution in [0.5, 0.6) is 11.5 Å². The van der Waals surface area contributed by atoms with Crippen molar-refractivity contribution in [1.82, 2.24) is 4.98 Å². The summed E-state index contributed by atoms with van der Waals surface area (Å²) in [7, 11) is 2.95. The predicted octanol–water partition coefficient (Wildman–Crippen LogP) is 3.10. The van der Waals surface area contributed by atoms with Crippen LogP contribution in [0.15, 0.2) is 28.7 Å². The third-order valence-corrected chi connectivity index (χ3v) is 3.94. The second-order valence-electron chi connectivity index (χ2n) is 4.99. The number of nitrogens with one attached hydrogen (secondary N) is 1. The van der Waals surface area contributed by atoms with E-state index >= 15 is 0 Å². The first-order valence-corrected chi connectivity index (χ1v) is 8.66. The predicted molar refractivity (Wildman–Crippen MR) is 97.8 cm³/mol. The van der Waals surface area contributed by atoms with Gasteiger partial charge in [-0.25, -0.2) is 4.98 Å². The molecule has 1 aromatic carbocycles. The number of anilines is 1. The van der Waals surface area contributed by atoms with E-state index in [1.807, 2.05) is 25.1 Å². The average molecular weight is 363 g/mol. The zero-order valence-corrected chi connectivity index (χ0v) is 15.3. The van der Waals surface area contributed by atoms with Crippen molar-refractivity contribution >= 4 is 28.7 Å². The summed E-state index contributed by atoms with van der Waals surface area (Å²) in [5.41, 5.74) is 4.29. The molecule has 2 aromatic rings. The van der Waals surface area contributed by atoms with Crippen molar-refractivity contribution in [2.24, 2.45) is 5.10 Å². The van der Waals surface area contributed by atoms with Crippen LogP contribution >= 0.6 is 11.3 Å². The molecule has 0 unspecified atom stereocenters. The van der Waals surface area contributed by atoms with E-state index < -0.39 is 0 Å². The Balaban J connectivity index is 2.05. The fourth-order valence-electron chi connectivity index (χ4n) is 1.97. The molecule has 7 nitrogen and oxygen atoms in total. The number of para-hydroxylation sites is 1. The van der Waals surface area contributed by atoms with Crippen molar-refractivity contribution < 1.29 is 19.0 Å². The van der Waals surface area contributed by atoms with E-state index in [9.17, 15) is 4.79 Å². The molecule has 0 amide bonds. The van der Waals surface area contributed by atoms with Crippen molar-refractivity contribution in [3.05, 3.63) is 34.8 Å². The first-order chi connectivity index (χ1) is 12.2. The molecular weight excluding hydrogens is 342 g/mol. The number of esters is 1. The summed E-state index contributed by atoms with van der Waals surface area (Å²) in [5.74, 6) is 0.990. The average Bonchev–Trinajstić information content (AvgIpc) is 3.07. The van der Waals surface area contributed by atoms with E-state index in [1.165, 1.54) is 18.4 Å². The van der Waals surface area contributed by atoms with Gasteiger partial charge in [0.05, 0.1) is 39.2 Å². The summed E-state index contributed by atoms with van der Waals surface area (Å²) < 4.78 is 15.7. The minimum absolute atomic E-state index is 0.142. The smallest absolute Gasteiger partial charge is 0.311 e. The lowest BCUT2D eigenvalue weighted by atomic mass is 10.2. The number of hydrogen-bond acceptors (Lipinski definition) is 8. The number of hydrazone groups is 1. The third kappa shape index (κ3) is 5.46. The highest BCUT2D eigenvalue weighted by Gasteiger charge is 2.09. The third-order valence-electron chi connectivity index (χ3n) is 3.15. The second kappa shape index (κ2) is 9.63. The number of rotatable bonds is 9. The zero-order valence-electron chi connectivity index (χ0n) is 14.4. The van der Waals surface area contributed by atoms with Crippen LogP contribution in [0, 0.1) is 0 Å².